The van der Waals surface area contributed by atoms with E-state index < -0.39 is 0 Å². The smallest absolute Gasteiger partial charge is 0.173 e. The van der Waals surface area contributed by atoms with E-state index in [0.717, 1.165) is 15.9 Å². The number of aryl methyl sites for hydroxylation is 1. The van der Waals surface area contributed by atoms with E-state index >= 15 is 0 Å². The van der Waals surface area contributed by atoms with Gasteiger partial charge < -0.3 is 10.9 Å². The highest BCUT2D eigenvalue weighted by Gasteiger charge is 2.17. The summed E-state index contributed by atoms with van der Waals surface area (Å²) < 4.78 is 2.50. The van der Waals surface area contributed by atoms with E-state index in [2.05, 4.69) is 31.2 Å². The van der Waals surface area contributed by atoms with Crippen molar-refractivity contribution < 1.29 is 5.21 Å². The average Bonchev–Trinajstić information content (AvgIpc) is 2.66. The predicted octanol–water partition coefficient (Wildman–Crippen LogP) is 2.39. The average molecular weight is 345 g/mol. The van der Waals surface area contributed by atoms with Crippen LogP contribution in [0.5, 0.6) is 0 Å². The van der Waals surface area contributed by atoms with Crippen molar-refractivity contribution in [2.45, 2.75) is 13.8 Å². The Labute approximate surface area is 123 Å². The molecule has 0 saturated heterocycles. The number of amidine groups is 1. The Kier molecular flexibility index (Phi) is 3.77. The van der Waals surface area contributed by atoms with Crippen molar-refractivity contribution >= 4 is 33.4 Å². The van der Waals surface area contributed by atoms with Crippen molar-refractivity contribution in [3.63, 3.8) is 0 Å². The minimum atomic E-state index is -0.0748. The lowest BCUT2D eigenvalue weighted by Gasteiger charge is -2.08. The van der Waals surface area contributed by atoms with E-state index in [-0.39, 0.29) is 10.9 Å². The van der Waals surface area contributed by atoms with Crippen LogP contribution in [0.15, 0.2) is 21.9 Å². The molecule has 6 nitrogen and oxygen atoms in total. The summed E-state index contributed by atoms with van der Waals surface area (Å²) in [5.74, 6) is 0.353. The second-order valence-corrected chi connectivity index (χ2v) is 5.05. The molecule has 2 rings (SSSR count). The summed E-state index contributed by atoms with van der Waals surface area (Å²) in [6.45, 7) is 3.76. The molecule has 2 heterocycles. The standard InChI is InChI=1S/C11H11BrClN5O/c1-5-8(12)6(2)18(16-5)11-9(13)7(3-4-15-11)10(14)17-19/h3-4,19H,1-2H3,(H2,14,17). The second kappa shape index (κ2) is 5.18. The first-order valence-corrected chi connectivity index (χ1v) is 6.49. The van der Waals surface area contributed by atoms with Crippen LogP contribution in [0.2, 0.25) is 5.02 Å². The molecule has 100 valence electrons. The number of pyridine rings is 1. The molecule has 0 aromatic carbocycles. The normalized spacial score (nSPS) is 11.9. The molecule has 19 heavy (non-hydrogen) atoms. The van der Waals surface area contributed by atoms with E-state index in [1.54, 1.807) is 10.7 Å². The van der Waals surface area contributed by atoms with Crippen molar-refractivity contribution in [3.05, 3.63) is 38.7 Å². The summed E-state index contributed by atoms with van der Waals surface area (Å²) in [6, 6.07) is 1.57. The zero-order chi connectivity index (χ0) is 14.2. The maximum absolute atomic E-state index is 8.73. The van der Waals surface area contributed by atoms with Crippen molar-refractivity contribution in [2.24, 2.45) is 10.9 Å². The van der Waals surface area contributed by atoms with Crippen LogP contribution in [0.3, 0.4) is 0 Å². The minimum Gasteiger partial charge on any atom is -0.409 e. The number of aromatic nitrogens is 3. The molecule has 0 bridgehead atoms. The van der Waals surface area contributed by atoms with E-state index in [4.69, 9.17) is 22.5 Å². The molecule has 0 radical (unpaired) electrons. The minimum absolute atomic E-state index is 0.0748. The third-order valence-electron chi connectivity index (χ3n) is 2.66. The monoisotopic (exact) mass is 343 g/mol. The quantitative estimate of drug-likeness (QED) is 0.379. The van der Waals surface area contributed by atoms with Gasteiger partial charge in [0.15, 0.2) is 11.7 Å². The third kappa shape index (κ3) is 2.31. The Morgan fingerprint density at radius 1 is 1.53 bits per heavy atom. The molecule has 0 spiro atoms. The highest BCUT2D eigenvalue weighted by molar-refractivity contribution is 9.10. The molecular formula is C11H11BrClN5O. The maximum Gasteiger partial charge on any atom is 0.173 e. The van der Waals surface area contributed by atoms with Crippen LogP contribution in [0.4, 0.5) is 0 Å². The van der Waals surface area contributed by atoms with Crippen molar-refractivity contribution in [1.29, 1.82) is 0 Å². The Bertz CT molecular complexity index is 667. The molecule has 0 atom stereocenters. The van der Waals surface area contributed by atoms with Crippen LogP contribution in [0, 0.1) is 13.8 Å². The summed E-state index contributed by atoms with van der Waals surface area (Å²) in [7, 11) is 0. The first kappa shape index (κ1) is 13.8. The van der Waals surface area contributed by atoms with Crippen LogP contribution in [-0.4, -0.2) is 25.8 Å². The van der Waals surface area contributed by atoms with E-state index in [0.29, 0.717) is 11.4 Å². The van der Waals surface area contributed by atoms with Gasteiger partial charge in [0.1, 0.15) is 0 Å². The van der Waals surface area contributed by atoms with Crippen molar-refractivity contribution in [3.8, 4) is 5.82 Å². The fraction of sp³-hybridized carbons (Fsp3) is 0.182. The summed E-state index contributed by atoms with van der Waals surface area (Å²) in [5, 5.41) is 16.3. The number of nitrogens with two attached hydrogens (primary N) is 1. The van der Waals surface area contributed by atoms with Gasteiger partial charge in [0, 0.05) is 11.8 Å². The molecule has 0 aliphatic carbocycles. The summed E-state index contributed by atoms with van der Waals surface area (Å²) >= 11 is 9.68. The molecule has 2 aromatic heterocycles. The van der Waals surface area contributed by atoms with Gasteiger partial charge in [0.25, 0.3) is 0 Å². The van der Waals surface area contributed by atoms with Crippen molar-refractivity contribution in [2.75, 3.05) is 0 Å². The van der Waals surface area contributed by atoms with Gasteiger partial charge in [-0.3, -0.25) is 0 Å². The highest BCUT2D eigenvalue weighted by Crippen LogP contribution is 2.27. The first-order valence-electron chi connectivity index (χ1n) is 5.31. The lowest BCUT2D eigenvalue weighted by atomic mass is 10.2. The first-order chi connectivity index (χ1) is 8.97. The van der Waals surface area contributed by atoms with E-state index in [1.807, 2.05) is 13.8 Å². The van der Waals surface area contributed by atoms with Crippen LogP contribution >= 0.6 is 27.5 Å². The number of halogens is 2. The molecule has 3 N–H and O–H groups in total. The Hall–Kier alpha value is -1.60. The summed E-state index contributed by atoms with van der Waals surface area (Å²) in [4.78, 5) is 4.20. The second-order valence-electron chi connectivity index (χ2n) is 3.88. The zero-order valence-corrected chi connectivity index (χ0v) is 12.6. The Morgan fingerprint density at radius 2 is 2.21 bits per heavy atom. The van der Waals surface area contributed by atoms with Gasteiger partial charge in [-0.05, 0) is 35.8 Å². The van der Waals surface area contributed by atoms with Crippen molar-refractivity contribution in [1.82, 2.24) is 14.8 Å². The number of rotatable bonds is 2. The number of nitrogens with zero attached hydrogens (tertiary/aromatic N) is 4. The Morgan fingerprint density at radius 3 is 2.74 bits per heavy atom. The van der Waals surface area contributed by atoms with Gasteiger partial charge in [-0.15, -0.1) is 0 Å². The molecule has 0 fully saturated rings. The van der Waals surface area contributed by atoms with Gasteiger partial charge in [-0.1, -0.05) is 16.8 Å². The van der Waals surface area contributed by atoms with Gasteiger partial charge in [0.05, 0.1) is 20.9 Å². The number of oxime groups is 1. The maximum atomic E-state index is 8.73. The lowest BCUT2D eigenvalue weighted by Crippen LogP contribution is -2.15. The summed E-state index contributed by atoms with van der Waals surface area (Å²) in [6.07, 6.45) is 1.53. The molecule has 8 heteroatoms. The van der Waals surface area contributed by atoms with Crippen LogP contribution in [0.25, 0.3) is 5.82 Å². The molecule has 2 aromatic rings. The largest absolute Gasteiger partial charge is 0.409 e. The lowest BCUT2D eigenvalue weighted by molar-refractivity contribution is 0.318. The third-order valence-corrected chi connectivity index (χ3v) is 4.18. The number of hydrogen-bond donors (Lipinski definition) is 2. The SMILES string of the molecule is Cc1nn(-c2nccc(/C(N)=N/O)c2Cl)c(C)c1Br. The summed E-state index contributed by atoms with van der Waals surface area (Å²) in [5.41, 5.74) is 7.65. The fourth-order valence-corrected chi connectivity index (χ4v) is 2.20. The molecule has 0 unspecified atom stereocenters. The zero-order valence-electron chi connectivity index (χ0n) is 10.2. The van der Waals surface area contributed by atoms with Crippen LogP contribution in [-0.2, 0) is 0 Å². The highest BCUT2D eigenvalue weighted by atomic mass is 79.9. The topological polar surface area (TPSA) is 89.3 Å². The number of hydrogen-bond acceptors (Lipinski definition) is 4. The Balaban J connectivity index is 2.67. The molecule has 0 amide bonds. The molecular weight excluding hydrogens is 334 g/mol. The van der Waals surface area contributed by atoms with Crippen LogP contribution in [0.1, 0.15) is 17.0 Å². The molecule has 0 aliphatic rings. The van der Waals surface area contributed by atoms with Gasteiger partial charge >= 0.3 is 0 Å². The molecule has 0 aliphatic heterocycles. The van der Waals surface area contributed by atoms with E-state index in [9.17, 15) is 0 Å². The molecule has 0 saturated carbocycles. The van der Waals surface area contributed by atoms with Gasteiger partial charge in [0.2, 0.25) is 0 Å². The predicted molar refractivity (Wildman–Crippen MR) is 76.1 cm³/mol. The van der Waals surface area contributed by atoms with E-state index in [1.165, 1.54) is 6.20 Å². The van der Waals surface area contributed by atoms with Gasteiger partial charge in [-0.2, -0.15) is 5.10 Å². The van der Waals surface area contributed by atoms with Gasteiger partial charge in [-0.25, -0.2) is 9.67 Å². The fourth-order valence-electron chi connectivity index (χ4n) is 1.66. The van der Waals surface area contributed by atoms with Crippen LogP contribution < -0.4 is 5.73 Å².